The molecule has 4 amide bonds. The third kappa shape index (κ3) is 15.2. The maximum atomic E-state index is 13.2. The highest BCUT2D eigenvalue weighted by atomic mass is 16.5. The zero-order valence-electron chi connectivity index (χ0n) is 29.6. The SMILES string of the molecule is O=C(O)CCCCCOCCCCOCCCCOCCCCOCCCCCCNc1cccc2c1C(=O)N(C1CCC(=O)NC1=O)C2=O. The maximum absolute atomic E-state index is 13.2. The van der Waals surface area contributed by atoms with E-state index in [9.17, 15) is 24.0 Å². The van der Waals surface area contributed by atoms with Gasteiger partial charge in [0.15, 0.2) is 0 Å². The van der Waals surface area contributed by atoms with Gasteiger partial charge in [0.1, 0.15) is 6.04 Å². The summed E-state index contributed by atoms with van der Waals surface area (Å²) in [6, 6.07) is 4.13. The summed E-state index contributed by atoms with van der Waals surface area (Å²) >= 11 is 0. The van der Waals surface area contributed by atoms with Crippen LogP contribution in [-0.4, -0.2) is 105 Å². The number of carboxylic acids is 1. The maximum Gasteiger partial charge on any atom is 0.303 e. The third-order valence-corrected chi connectivity index (χ3v) is 8.66. The Morgan fingerprint density at radius 1 is 0.700 bits per heavy atom. The molecule has 0 spiro atoms. The van der Waals surface area contributed by atoms with E-state index in [4.69, 9.17) is 24.1 Å². The molecule has 1 saturated heterocycles. The van der Waals surface area contributed by atoms with Gasteiger partial charge in [0, 0.05) is 77.9 Å². The molecule has 0 aliphatic carbocycles. The molecule has 0 aromatic heterocycles. The van der Waals surface area contributed by atoms with Crippen LogP contribution >= 0.6 is 0 Å². The van der Waals surface area contributed by atoms with Crippen LogP contribution in [0.4, 0.5) is 5.69 Å². The first kappa shape index (κ1) is 41.0. The second-order valence-electron chi connectivity index (χ2n) is 12.8. The Morgan fingerprint density at radius 2 is 1.20 bits per heavy atom. The monoisotopic (exact) mass is 703 g/mol. The zero-order valence-corrected chi connectivity index (χ0v) is 29.6. The number of piperidine rings is 1. The molecule has 3 rings (SSSR count). The Morgan fingerprint density at radius 3 is 1.72 bits per heavy atom. The fraction of sp³-hybridized carbons (Fsp3) is 0.703. The number of nitrogens with one attached hydrogen (secondary N) is 2. The molecule has 1 unspecified atom stereocenters. The average molecular weight is 704 g/mol. The van der Waals surface area contributed by atoms with Gasteiger partial charge in [0.25, 0.3) is 11.8 Å². The molecular formula is C37H57N3O10. The molecule has 0 bridgehead atoms. The number of carbonyl (C=O) groups is 5. The van der Waals surface area contributed by atoms with Gasteiger partial charge in [0.2, 0.25) is 11.8 Å². The van der Waals surface area contributed by atoms with E-state index >= 15 is 0 Å². The Bertz CT molecular complexity index is 1210. The number of fused-ring (bicyclic) bond motifs is 1. The van der Waals surface area contributed by atoms with Crippen LogP contribution in [0.25, 0.3) is 0 Å². The number of imide groups is 2. The summed E-state index contributed by atoms with van der Waals surface area (Å²) in [7, 11) is 0. The molecule has 1 fully saturated rings. The fourth-order valence-electron chi connectivity index (χ4n) is 5.86. The molecule has 2 aliphatic rings. The predicted molar refractivity (Wildman–Crippen MR) is 187 cm³/mol. The van der Waals surface area contributed by atoms with Crippen molar-refractivity contribution in [3.8, 4) is 0 Å². The highest BCUT2D eigenvalue weighted by Gasteiger charge is 2.45. The topological polar surface area (TPSA) is 170 Å². The zero-order chi connectivity index (χ0) is 35.8. The number of amides is 4. The van der Waals surface area contributed by atoms with Crippen molar-refractivity contribution in [1.82, 2.24) is 10.2 Å². The van der Waals surface area contributed by atoms with E-state index in [1.165, 1.54) is 0 Å². The number of aliphatic carboxylic acids is 1. The van der Waals surface area contributed by atoms with Crippen molar-refractivity contribution in [1.29, 1.82) is 0 Å². The van der Waals surface area contributed by atoms with Gasteiger partial charge in [0.05, 0.1) is 11.1 Å². The summed E-state index contributed by atoms with van der Waals surface area (Å²) in [5, 5.41) is 14.1. The van der Waals surface area contributed by atoms with Crippen LogP contribution in [-0.2, 0) is 33.3 Å². The van der Waals surface area contributed by atoms with Crippen molar-refractivity contribution in [2.24, 2.45) is 0 Å². The minimum absolute atomic E-state index is 0.0932. The summed E-state index contributed by atoms with van der Waals surface area (Å²) in [6.07, 6.45) is 12.8. The number of carboxylic acid groups (broad SMARTS) is 1. The van der Waals surface area contributed by atoms with Crippen molar-refractivity contribution in [2.75, 3.05) is 64.7 Å². The molecule has 50 heavy (non-hydrogen) atoms. The number of benzene rings is 1. The molecule has 1 aromatic carbocycles. The molecule has 0 saturated carbocycles. The second kappa shape index (κ2) is 24.7. The first-order valence-electron chi connectivity index (χ1n) is 18.5. The van der Waals surface area contributed by atoms with Crippen molar-refractivity contribution < 1.29 is 48.0 Å². The van der Waals surface area contributed by atoms with Crippen LogP contribution in [0.15, 0.2) is 18.2 Å². The van der Waals surface area contributed by atoms with Gasteiger partial charge in [-0.25, -0.2) is 0 Å². The van der Waals surface area contributed by atoms with E-state index in [-0.39, 0.29) is 30.4 Å². The molecule has 1 aromatic rings. The van der Waals surface area contributed by atoms with E-state index < -0.39 is 35.6 Å². The number of hydrogen-bond donors (Lipinski definition) is 3. The van der Waals surface area contributed by atoms with Crippen LogP contribution in [0.3, 0.4) is 0 Å². The van der Waals surface area contributed by atoms with Gasteiger partial charge in [-0.2, -0.15) is 0 Å². The number of carbonyl (C=O) groups excluding carboxylic acids is 4. The summed E-state index contributed by atoms with van der Waals surface area (Å²) in [6.45, 7) is 6.55. The van der Waals surface area contributed by atoms with Crippen molar-refractivity contribution in [3.63, 3.8) is 0 Å². The molecule has 3 N–H and O–H groups in total. The first-order chi connectivity index (χ1) is 24.4. The normalized spacial score (nSPS) is 15.8. The number of hydrogen-bond acceptors (Lipinski definition) is 10. The van der Waals surface area contributed by atoms with Crippen LogP contribution in [0.5, 0.6) is 0 Å². The van der Waals surface area contributed by atoms with Gasteiger partial charge in [-0.1, -0.05) is 25.3 Å². The Labute approximate surface area is 296 Å². The largest absolute Gasteiger partial charge is 0.481 e. The first-order valence-corrected chi connectivity index (χ1v) is 18.5. The summed E-state index contributed by atoms with van der Waals surface area (Å²) in [5.41, 5.74) is 1.15. The molecule has 0 radical (unpaired) electrons. The quantitative estimate of drug-likeness (QED) is 0.0719. The van der Waals surface area contributed by atoms with Crippen LogP contribution in [0, 0.1) is 0 Å². The lowest BCUT2D eigenvalue weighted by Crippen LogP contribution is -2.54. The molecule has 1 atom stereocenters. The highest BCUT2D eigenvalue weighted by molar-refractivity contribution is 6.25. The molecular weight excluding hydrogens is 646 g/mol. The Kier molecular flexibility index (Phi) is 20.3. The Hall–Kier alpha value is -3.39. The number of nitrogens with zero attached hydrogens (tertiary/aromatic N) is 1. The minimum Gasteiger partial charge on any atom is -0.481 e. The van der Waals surface area contributed by atoms with Gasteiger partial charge in [-0.05, 0) is 82.8 Å². The van der Waals surface area contributed by atoms with E-state index in [1.54, 1.807) is 18.2 Å². The van der Waals surface area contributed by atoms with Crippen molar-refractivity contribution in [3.05, 3.63) is 29.3 Å². The lowest BCUT2D eigenvalue weighted by atomic mass is 10.0. The summed E-state index contributed by atoms with van der Waals surface area (Å²) in [5.74, 6) is -2.74. The smallest absolute Gasteiger partial charge is 0.303 e. The Balaban J connectivity index is 1.06. The molecule has 2 heterocycles. The van der Waals surface area contributed by atoms with E-state index in [0.29, 0.717) is 25.3 Å². The number of ether oxygens (including phenoxy) is 4. The van der Waals surface area contributed by atoms with E-state index in [1.807, 2.05) is 0 Å². The van der Waals surface area contributed by atoms with E-state index in [2.05, 4.69) is 10.6 Å². The lowest BCUT2D eigenvalue weighted by molar-refractivity contribution is -0.138. The van der Waals surface area contributed by atoms with E-state index in [0.717, 1.165) is 128 Å². The van der Waals surface area contributed by atoms with Gasteiger partial charge >= 0.3 is 5.97 Å². The fourth-order valence-corrected chi connectivity index (χ4v) is 5.86. The average Bonchev–Trinajstić information content (AvgIpc) is 3.35. The molecule has 13 nitrogen and oxygen atoms in total. The van der Waals surface area contributed by atoms with Crippen LogP contribution in [0.2, 0.25) is 0 Å². The van der Waals surface area contributed by atoms with Gasteiger partial charge in [-0.15, -0.1) is 0 Å². The number of anilines is 1. The van der Waals surface area contributed by atoms with Crippen LogP contribution in [0.1, 0.15) is 123 Å². The molecule has 280 valence electrons. The van der Waals surface area contributed by atoms with Crippen molar-refractivity contribution >= 4 is 35.3 Å². The van der Waals surface area contributed by atoms with Gasteiger partial charge < -0.3 is 29.4 Å². The summed E-state index contributed by atoms with van der Waals surface area (Å²) < 4.78 is 22.7. The molecule has 13 heteroatoms. The standard InChI is InChI=1S/C37H57N3O10/c41-32-19-18-31(35(44)39-32)40-36(45)29-15-14-16-30(34(29)37(40)46)38-20-5-1-2-6-21-47-23-8-10-25-49-27-12-13-28-50-26-11-9-24-48-22-7-3-4-17-33(42)43/h14-16,31,38H,1-13,17-28H2,(H,42,43)(H,39,41,44). The van der Waals surface area contributed by atoms with Crippen LogP contribution < -0.4 is 10.6 Å². The predicted octanol–water partition coefficient (Wildman–Crippen LogP) is 5.11. The lowest BCUT2D eigenvalue weighted by Gasteiger charge is -2.27. The third-order valence-electron chi connectivity index (χ3n) is 8.66. The number of unbranched alkanes of at least 4 members (excludes halogenated alkanes) is 8. The highest BCUT2D eigenvalue weighted by Crippen LogP contribution is 2.32. The second-order valence-corrected chi connectivity index (χ2v) is 12.8. The van der Waals surface area contributed by atoms with Gasteiger partial charge in [-0.3, -0.25) is 34.2 Å². The molecule has 2 aliphatic heterocycles. The van der Waals surface area contributed by atoms with Crippen molar-refractivity contribution in [2.45, 2.75) is 109 Å². The minimum atomic E-state index is -0.971. The summed E-state index contributed by atoms with van der Waals surface area (Å²) in [4.78, 5) is 61.4. The number of rotatable bonds is 30.